The highest BCUT2D eigenvalue weighted by molar-refractivity contribution is 7.98. The van der Waals surface area contributed by atoms with Crippen LogP contribution in [0.1, 0.15) is 17.0 Å². The summed E-state index contributed by atoms with van der Waals surface area (Å²) in [6, 6.07) is 25.1. The molecule has 0 aliphatic rings. The highest BCUT2D eigenvalue weighted by Gasteiger charge is 2.17. The van der Waals surface area contributed by atoms with Crippen LogP contribution in [-0.2, 0) is 17.1 Å². The molecule has 0 spiro atoms. The molecule has 1 amide bonds. The minimum Gasteiger partial charge on any atom is -0.484 e. The van der Waals surface area contributed by atoms with Crippen LogP contribution in [0.15, 0.2) is 84.0 Å². The number of nitrogens with one attached hydrogen (secondary N) is 1. The van der Waals surface area contributed by atoms with Gasteiger partial charge in [0.25, 0.3) is 5.91 Å². The molecular weight excluding hydrogens is 456 g/mol. The van der Waals surface area contributed by atoms with Crippen molar-refractivity contribution in [1.82, 2.24) is 20.1 Å². The zero-order valence-corrected chi connectivity index (χ0v) is 19.6. The number of para-hydroxylation sites is 1. The molecule has 33 heavy (non-hydrogen) atoms. The van der Waals surface area contributed by atoms with E-state index in [1.165, 1.54) is 5.56 Å². The third-order valence-electron chi connectivity index (χ3n) is 4.88. The molecule has 168 valence electrons. The molecule has 6 nitrogen and oxygen atoms in total. The Kier molecular flexibility index (Phi) is 7.65. The van der Waals surface area contributed by atoms with Crippen LogP contribution in [0.4, 0.5) is 0 Å². The zero-order chi connectivity index (χ0) is 23.0. The Hall–Kier alpha value is -3.29. The molecule has 0 fully saturated rings. The predicted octanol–water partition coefficient (Wildman–Crippen LogP) is 5.22. The molecule has 0 aliphatic heterocycles. The maximum Gasteiger partial charge on any atom is 0.258 e. The zero-order valence-electron chi connectivity index (χ0n) is 18.1. The van der Waals surface area contributed by atoms with Gasteiger partial charge < -0.3 is 10.1 Å². The van der Waals surface area contributed by atoms with Gasteiger partial charge in [0, 0.05) is 10.8 Å². The first-order chi connectivity index (χ1) is 16.1. The molecule has 0 aliphatic carbocycles. The average molecular weight is 479 g/mol. The standard InChI is InChI=1S/C25H23ClN4O2S/c1-18-12-13-20(26)14-22(18)30-23(15-27-24(31)16-32-21-10-6-3-7-11-21)28-29-25(30)33-17-19-8-4-2-5-9-19/h2-14H,15-17H2,1H3,(H,27,31). The van der Waals surface area contributed by atoms with Crippen molar-refractivity contribution in [2.45, 2.75) is 24.4 Å². The van der Waals surface area contributed by atoms with Crippen molar-refractivity contribution in [2.75, 3.05) is 6.61 Å². The van der Waals surface area contributed by atoms with E-state index in [1.807, 2.05) is 78.2 Å². The fourth-order valence-corrected chi connectivity index (χ4v) is 4.28. The summed E-state index contributed by atoms with van der Waals surface area (Å²) in [5.41, 5.74) is 3.10. The van der Waals surface area contributed by atoms with E-state index in [1.54, 1.807) is 11.8 Å². The number of rotatable bonds is 9. The highest BCUT2D eigenvalue weighted by Crippen LogP contribution is 2.28. The van der Waals surface area contributed by atoms with Gasteiger partial charge in [-0.1, -0.05) is 78.0 Å². The van der Waals surface area contributed by atoms with Crippen molar-refractivity contribution in [3.8, 4) is 11.4 Å². The molecule has 1 heterocycles. The van der Waals surface area contributed by atoms with Gasteiger partial charge in [-0.2, -0.15) is 0 Å². The van der Waals surface area contributed by atoms with Crippen LogP contribution in [0.5, 0.6) is 5.75 Å². The van der Waals surface area contributed by atoms with Crippen LogP contribution >= 0.6 is 23.4 Å². The van der Waals surface area contributed by atoms with Gasteiger partial charge in [0.05, 0.1) is 12.2 Å². The van der Waals surface area contributed by atoms with Crippen molar-refractivity contribution in [1.29, 1.82) is 0 Å². The molecule has 4 rings (SSSR count). The van der Waals surface area contributed by atoms with Crippen molar-refractivity contribution < 1.29 is 9.53 Å². The molecule has 8 heteroatoms. The van der Waals surface area contributed by atoms with Crippen LogP contribution in [0, 0.1) is 6.92 Å². The second-order valence-corrected chi connectivity index (χ2v) is 8.70. The lowest BCUT2D eigenvalue weighted by molar-refractivity contribution is -0.123. The Labute approximate surface area is 202 Å². The second kappa shape index (κ2) is 11.0. The number of thioether (sulfide) groups is 1. The minimum absolute atomic E-state index is 0.0794. The first-order valence-corrected chi connectivity index (χ1v) is 11.8. The van der Waals surface area contributed by atoms with E-state index in [4.69, 9.17) is 16.3 Å². The monoisotopic (exact) mass is 478 g/mol. The van der Waals surface area contributed by atoms with Crippen LogP contribution in [0.3, 0.4) is 0 Å². The average Bonchev–Trinajstić information content (AvgIpc) is 3.25. The number of ether oxygens (including phenoxy) is 1. The number of halogens is 1. The van der Waals surface area contributed by atoms with Gasteiger partial charge in [-0.3, -0.25) is 9.36 Å². The number of benzene rings is 3. The lowest BCUT2D eigenvalue weighted by atomic mass is 10.2. The van der Waals surface area contributed by atoms with E-state index in [-0.39, 0.29) is 19.1 Å². The van der Waals surface area contributed by atoms with Crippen molar-refractivity contribution in [3.63, 3.8) is 0 Å². The number of aryl methyl sites for hydroxylation is 1. The summed E-state index contributed by atoms with van der Waals surface area (Å²) in [6.07, 6.45) is 0. The van der Waals surface area contributed by atoms with Gasteiger partial charge in [-0.05, 0) is 42.3 Å². The van der Waals surface area contributed by atoms with Crippen molar-refractivity contribution in [2.24, 2.45) is 0 Å². The van der Waals surface area contributed by atoms with Crippen molar-refractivity contribution >= 4 is 29.3 Å². The Balaban J connectivity index is 1.51. The fraction of sp³-hybridized carbons (Fsp3) is 0.160. The fourth-order valence-electron chi connectivity index (χ4n) is 3.19. The molecule has 0 radical (unpaired) electrons. The Bertz CT molecular complexity index is 1220. The minimum atomic E-state index is -0.241. The van der Waals surface area contributed by atoms with Gasteiger partial charge in [0.1, 0.15) is 5.75 Å². The van der Waals surface area contributed by atoms with E-state index in [0.717, 1.165) is 22.2 Å². The van der Waals surface area contributed by atoms with Gasteiger partial charge >= 0.3 is 0 Å². The molecule has 0 saturated carbocycles. The van der Waals surface area contributed by atoms with Gasteiger partial charge in [0.2, 0.25) is 0 Å². The first-order valence-electron chi connectivity index (χ1n) is 10.4. The molecule has 0 saturated heterocycles. The molecule has 1 aromatic heterocycles. The molecule has 3 aromatic carbocycles. The predicted molar refractivity (Wildman–Crippen MR) is 131 cm³/mol. The molecule has 4 aromatic rings. The summed E-state index contributed by atoms with van der Waals surface area (Å²) in [5, 5.41) is 13.0. The topological polar surface area (TPSA) is 69.0 Å². The molecular formula is C25H23ClN4O2S. The maximum atomic E-state index is 12.4. The van der Waals surface area contributed by atoms with Gasteiger partial charge in [-0.25, -0.2) is 0 Å². The van der Waals surface area contributed by atoms with E-state index in [9.17, 15) is 4.79 Å². The molecule has 0 unspecified atom stereocenters. The molecule has 0 atom stereocenters. The molecule has 0 bridgehead atoms. The largest absolute Gasteiger partial charge is 0.484 e. The smallest absolute Gasteiger partial charge is 0.258 e. The quantitative estimate of drug-likeness (QED) is 0.334. The summed E-state index contributed by atoms with van der Waals surface area (Å²) in [6.45, 7) is 2.14. The third kappa shape index (κ3) is 6.15. The maximum absolute atomic E-state index is 12.4. The summed E-state index contributed by atoms with van der Waals surface area (Å²) < 4.78 is 7.47. The lowest BCUT2D eigenvalue weighted by Crippen LogP contribution is -2.29. The Morgan fingerprint density at radius 3 is 2.52 bits per heavy atom. The van der Waals surface area contributed by atoms with Crippen LogP contribution in [0.2, 0.25) is 5.02 Å². The highest BCUT2D eigenvalue weighted by atomic mass is 35.5. The van der Waals surface area contributed by atoms with Gasteiger partial charge in [0.15, 0.2) is 17.6 Å². The SMILES string of the molecule is Cc1ccc(Cl)cc1-n1c(CNC(=O)COc2ccccc2)nnc1SCc1ccccc1. The summed E-state index contributed by atoms with van der Waals surface area (Å²) in [5.74, 6) is 1.76. The second-order valence-electron chi connectivity index (χ2n) is 7.32. The summed E-state index contributed by atoms with van der Waals surface area (Å²) in [7, 11) is 0. The number of aromatic nitrogens is 3. The number of amides is 1. The number of nitrogens with zero attached hydrogens (tertiary/aromatic N) is 3. The first kappa shape index (κ1) is 22.9. The Morgan fingerprint density at radius 2 is 1.76 bits per heavy atom. The van der Waals surface area contributed by atoms with Gasteiger partial charge in [-0.15, -0.1) is 10.2 Å². The van der Waals surface area contributed by atoms with Crippen LogP contribution < -0.4 is 10.1 Å². The van der Waals surface area contributed by atoms with Crippen LogP contribution in [0.25, 0.3) is 5.69 Å². The van der Waals surface area contributed by atoms with Crippen LogP contribution in [-0.4, -0.2) is 27.3 Å². The van der Waals surface area contributed by atoms with E-state index in [2.05, 4.69) is 27.6 Å². The Morgan fingerprint density at radius 1 is 1.03 bits per heavy atom. The van der Waals surface area contributed by atoms with E-state index < -0.39 is 0 Å². The normalized spacial score (nSPS) is 10.7. The number of hydrogen-bond acceptors (Lipinski definition) is 5. The number of hydrogen-bond donors (Lipinski definition) is 1. The number of carbonyl (C=O) groups excluding carboxylic acids is 1. The molecule has 1 N–H and O–H groups in total. The summed E-state index contributed by atoms with van der Waals surface area (Å²) in [4.78, 5) is 12.4. The lowest BCUT2D eigenvalue weighted by Gasteiger charge is -2.14. The van der Waals surface area contributed by atoms with E-state index in [0.29, 0.717) is 16.6 Å². The third-order valence-corrected chi connectivity index (χ3v) is 6.12. The number of carbonyl (C=O) groups is 1. The summed E-state index contributed by atoms with van der Waals surface area (Å²) >= 11 is 7.87. The van der Waals surface area contributed by atoms with Crippen molar-refractivity contribution in [3.05, 3.63) is 101 Å². The van der Waals surface area contributed by atoms with E-state index >= 15 is 0 Å².